The Labute approximate surface area is 126 Å². The van der Waals surface area contributed by atoms with Crippen molar-refractivity contribution in [2.45, 2.75) is 31.6 Å². The number of nitrogens with zero attached hydrogens (tertiary/aromatic N) is 1. The molecule has 1 aliphatic heterocycles. The lowest BCUT2D eigenvalue weighted by Crippen LogP contribution is -2.43. The van der Waals surface area contributed by atoms with Gasteiger partial charge in [-0.05, 0) is 43.3 Å². The Morgan fingerprint density at radius 3 is 2.50 bits per heavy atom. The third-order valence-corrected chi connectivity index (χ3v) is 4.81. The van der Waals surface area contributed by atoms with Gasteiger partial charge in [-0.15, -0.1) is 0 Å². The van der Waals surface area contributed by atoms with Gasteiger partial charge in [-0.1, -0.05) is 19.1 Å². The van der Waals surface area contributed by atoms with Crippen LogP contribution >= 0.6 is 11.8 Å². The first-order valence-electron chi connectivity index (χ1n) is 7.37. The minimum Gasteiger partial charge on any atom is -0.339 e. The molecule has 110 valence electrons. The third-order valence-electron chi connectivity index (χ3n) is 3.86. The number of carbonyl (C=O) groups is 1. The van der Waals surface area contributed by atoms with Gasteiger partial charge in [0.1, 0.15) is 0 Å². The number of hydrogen-bond donors (Lipinski definition) is 1. The quantitative estimate of drug-likeness (QED) is 0.905. The normalized spacial score (nSPS) is 16.4. The maximum atomic E-state index is 12.4. The van der Waals surface area contributed by atoms with Crippen LogP contribution in [0, 0.1) is 0 Å². The lowest BCUT2D eigenvalue weighted by Gasteiger charge is -2.31. The molecule has 0 aromatic heterocycles. The lowest BCUT2D eigenvalue weighted by atomic mass is 10.0. The summed E-state index contributed by atoms with van der Waals surface area (Å²) in [5.74, 6) is 2.33. The van der Waals surface area contributed by atoms with E-state index >= 15 is 0 Å². The van der Waals surface area contributed by atoms with E-state index in [0.717, 1.165) is 43.0 Å². The monoisotopic (exact) mass is 292 g/mol. The van der Waals surface area contributed by atoms with Gasteiger partial charge in [0.2, 0.25) is 0 Å². The third kappa shape index (κ3) is 4.00. The van der Waals surface area contributed by atoms with E-state index in [1.165, 1.54) is 5.56 Å². The Kier molecular flexibility index (Phi) is 5.92. The van der Waals surface area contributed by atoms with Crippen molar-refractivity contribution in [3.63, 3.8) is 0 Å². The van der Waals surface area contributed by atoms with Gasteiger partial charge < -0.3 is 10.2 Å². The van der Waals surface area contributed by atoms with Crippen LogP contribution in [-0.4, -0.2) is 42.7 Å². The van der Waals surface area contributed by atoms with E-state index in [9.17, 15) is 4.79 Å². The number of carbonyl (C=O) groups excluding carboxylic acids is 1. The largest absolute Gasteiger partial charge is 0.339 e. The average Bonchev–Trinajstić information content (AvgIpc) is 2.53. The summed E-state index contributed by atoms with van der Waals surface area (Å²) in [6, 6.07) is 8.66. The fourth-order valence-electron chi connectivity index (χ4n) is 2.52. The van der Waals surface area contributed by atoms with Crippen molar-refractivity contribution in [3.05, 3.63) is 35.4 Å². The fraction of sp³-hybridized carbons (Fsp3) is 0.562. The number of thioether (sulfide) groups is 1. The van der Waals surface area contributed by atoms with Gasteiger partial charge in [0, 0.05) is 30.4 Å². The number of nitrogens with one attached hydrogen (secondary N) is 1. The minimum atomic E-state index is 0.175. The standard InChI is InChI=1S/C16H24N2OS/c1-3-20-12-13-4-6-14(7-5-13)16(19)18-10-8-15(17-2)9-11-18/h4-7,15,17H,3,8-12H2,1-2H3. The van der Waals surface area contributed by atoms with Crippen LogP contribution in [0.5, 0.6) is 0 Å². The molecule has 1 heterocycles. The molecule has 0 spiro atoms. The fourth-order valence-corrected chi connectivity index (χ4v) is 3.15. The highest BCUT2D eigenvalue weighted by molar-refractivity contribution is 7.98. The van der Waals surface area contributed by atoms with Crippen LogP contribution in [0.25, 0.3) is 0 Å². The molecular formula is C16H24N2OS. The van der Waals surface area contributed by atoms with E-state index in [2.05, 4.69) is 24.4 Å². The Morgan fingerprint density at radius 1 is 1.30 bits per heavy atom. The van der Waals surface area contributed by atoms with Gasteiger partial charge in [0.05, 0.1) is 0 Å². The molecule has 1 aromatic rings. The molecular weight excluding hydrogens is 268 g/mol. The Bertz CT molecular complexity index is 425. The first-order chi connectivity index (χ1) is 9.74. The smallest absolute Gasteiger partial charge is 0.253 e. The highest BCUT2D eigenvalue weighted by Crippen LogP contribution is 2.16. The number of piperidine rings is 1. The van der Waals surface area contributed by atoms with Crippen LogP contribution in [0.2, 0.25) is 0 Å². The molecule has 0 unspecified atom stereocenters. The van der Waals surface area contributed by atoms with E-state index in [-0.39, 0.29) is 5.91 Å². The van der Waals surface area contributed by atoms with E-state index in [1.54, 1.807) is 0 Å². The van der Waals surface area contributed by atoms with Gasteiger partial charge in [-0.25, -0.2) is 0 Å². The summed E-state index contributed by atoms with van der Waals surface area (Å²) in [7, 11) is 2.00. The summed E-state index contributed by atoms with van der Waals surface area (Å²) in [5, 5.41) is 3.29. The maximum absolute atomic E-state index is 12.4. The molecule has 0 bridgehead atoms. The number of rotatable bonds is 5. The van der Waals surface area contributed by atoms with E-state index in [0.29, 0.717) is 6.04 Å². The predicted molar refractivity (Wildman–Crippen MR) is 86.3 cm³/mol. The van der Waals surface area contributed by atoms with Crippen LogP contribution < -0.4 is 5.32 Å². The van der Waals surface area contributed by atoms with Gasteiger partial charge in [0.25, 0.3) is 5.91 Å². The van der Waals surface area contributed by atoms with Crippen molar-refractivity contribution in [3.8, 4) is 0 Å². The summed E-state index contributed by atoms with van der Waals surface area (Å²) in [5.41, 5.74) is 2.11. The molecule has 1 aliphatic rings. The zero-order valence-corrected chi connectivity index (χ0v) is 13.2. The highest BCUT2D eigenvalue weighted by atomic mass is 32.2. The second-order valence-corrected chi connectivity index (χ2v) is 6.46. The van der Waals surface area contributed by atoms with Gasteiger partial charge in [-0.2, -0.15) is 11.8 Å². The average molecular weight is 292 g/mol. The van der Waals surface area contributed by atoms with Crippen LogP contribution in [0.3, 0.4) is 0 Å². The van der Waals surface area contributed by atoms with Gasteiger partial charge in [0.15, 0.2) is 0 Å². The summed E-state index contributed by atoms with van der Waals surface area (Å²) in [6.07, 6.45) is 2.10. The predicted octanol–water partition coefficient (Wildman–Crippen LogP) is 2.76. The summed E-state index contributed by atoms with van der Waals surface area (Å²) in [6.45, 7) is 3.88. The van der Waals surface area contributed by atoms with Crippen LogP contribution in [0.4, 0.5) is 0 Å². The molecule has 0 atom stereocenters. The number of likely N-dealkylation sites (tertiary alicyclic amines) is 1. The first-order valence-corrected chi connectivity index (χ1v) is 8.53. The molecule has 3 nitrogen and oxygen atoms in total. The molecule has 1 amide bonds. The van der Waals surface area contributed by atoms with Crippen molar-refractivity contribution >= 4 is 17.7 Å². The SMILES string of the molecule is CCSCc1ccc(C(=O)N2CCC(NC)CC2)cc1. The van der Waals surface area contributed by atoms with Crippen LogP contribution in [0.1, 0.15) is 35.7 Å². The minimum absolute atomic E-state index is 0.175. The van der Waals surface area contributed by atoms with Crippen molar-refractivity contribution in [1.82, 2.24) is 10.2 Å². The zero-order chi connectivity index (χ0) is 14.4. The lowest BCUT2D eigenvalue weighted by molar-refractivity contribution is 0.0707. The summed E-state index contributed by atoms with van der Waals surface area (Å²) < 4.78 is 0. The Morgan fingerprint density at radius 2 is 1.95 bits per heavy atom. The highest BCUT2D eigenvalue weighted by Gasteiger charge is 2.22. The van der Waals surface area contributed by atoms with Crippen molar-refractivity contribution in [1.29, 1.82) is 0 Å². The molecule has 4 heteroatoms. The zero-order valence-electron chi connectivity index (χ0n) is 12.4. The first kappa shape index (κ1) is 15.4. The van der Waals surface area contributed by atoms with Crippen molar-refractivity contribution in [2.75, 3.05) is 25.9 Å². The number of benzene rings is 1. The van der Waals surface area contributed by atoms with Gasteiger partial charge in [-0.3, -0.25) is 4.79 Å². The Hall–Kier alpha value is -1.00. The molecule has 1 saturated heterocycles. The molecule has 2 rings (SSSR count). The summed E-state index contributed by atoms with van der Waals surface area (Å²) in [4.78, 5) is 14.4. The number of amides is 1. The molecule has 20 heavy (non-hydrogen) atoms. The molecule has 0 radical (unpaired) electrons. The molecule has 1 N–H and O–H groups in total. The van der Waals surface area contributed by atoms with Crippen molar-refractivity contribution < 1.29 is 4.79 Å². The molecule has 1 aromatic carbocycles. The second kappa shape index (κ2) is 7.70. The van der Waals surface area contributed by atoms with Crippen molar-refractivity contribution in [2.24, 2.45) is 0 Å². The van der Waals surface area contributed by atoms with Crippen LogP contribution in [0.15, 0.2) is 24.3 Å². The molecule has 0 aliphatic carbocycles. The summed E-state index contributed by atoms with van der Waals surface area (Å²) >= 11 is 1.90. The molecule has 0 saturated carbocycles. The second-order valence-electron chi connectivity index (χ2n) is 5.19. The number of hydrogen-bond acceptors (Lipinski definition) is 3. The topological polar surface area (TPSA) is 32.3 Å². The van der Waals surface area contributed by atoms with E-state index in [4.69, 9.17) is 0 Å². The van der Waals surface area contributed by atoms with E-state index in [1.807, 2.05) is 35.8 Å². The Balaban J connectivity index is 1.92. The van der Waals surface area contributed by atoms with Crippen LogP contribution in [-0.2, 0) is 5.75 Å². The van der Waals surface area contributed by atoms with Gasteiger partial charge >= 0.3 is 0 Å². The van der Waals surface area contributed by atoms with E-state index < -0.39 is 0 Å². The maximum Gasteiger partial charge on any atom is 0.253 e. The molecule has 1 fully saturated rings.